The number of alkyl carbamates (subject to hydrolysis) is 1. The first kappa shape index (κ1) is 21.1. The van der Waals surface area contributed by atoms with Gasteiger partial charge in [0.25, 0.3) is 0 Å². The molecule has 0 saturated carbocycles. The fraction of sp³-hybridized carbons (Fsp3) is 0.0870. The molecule has 3 amide bonds. The second-order valence-electron chi connectivity index (χ2n) is 6.41. The molecule has 0 bridgehead atoms. The number of nitrogens with zero attached hydrogens (tertiary/aromatic N) is 1. The number of benzene rings is 3. The second-order valence-corrected chi connectivity index (χ2v) is 6.84. The number of ether oxygens (including phenoxy) is 1. The largest absolute Gasteiger partial charge is 0.444 e. The van der Waals surface area contributed by atoms with Crippen molar-refractivity contribution in [2.24, 2.45) is 0 Å². The molecule has 7 heteroatoms. The van der Waals surface area contributed by atoms with E-state index in [-0.39, 0.29) is 18.0 Å². The van der Waals surface area contributed by atoms with Crippen molar-refractivity contribution in [2.45, 2.75) is 6.61 Å². The van der Waals surface area contributed by atoms with E-state index in [1.165, 1.54) is 13.1 Å². The number of rotatable bonds is 5. The lowest BCUT2D eigenvalue weighted by molar-refractivity contribution is 0.103. The van der Waals surface area contributed by atoms with Gasteiger partial charge in [0.05, 0.1) is 5.69 Å². The van der Waals surface area contributed by atoms with Crippen molar-refractivity contribution in [3.05, 3.63) is 101 Å². The normalized spacial score (nSPS) is 10.2. The fourth-order valence-electron chi connectivity index (χ4n) is 2.77. The summed E-state index contributed by atoms with van der Waals surface area (Å²) < 4.78 is 5.07. The van der Waals surface area contributed by atoms with Gasteiger partial charge in [-0.3, -0.25) is 9.69 Å². The van der Waals surface area contributed by atoms with Crippen molar-refractivity contribution in [3.63, 3.8) is 0 Å². The highest BCUT2D eigenvalue weighted by molar-refractivity contribution is 6.31. The van der Waals surface area contributed by atoms with Crippen LogP contribution in [0.25, 0.3) is 0 Å². The van der Waals surface area contributed by atoms with Gasteiger partial charge in [-0.25, -0.2) is 14.9 Å². The summed E-state index contributed by atoms with van der Waals surface area (Å²) in [7, 11) is 1.45. The molecule has 0 saturated heterocycles. The molecule has 0 unspecified atom stereocenters. The molecule has 0 heterocycles. The average molecular weight is 423 g/mol. The van der Waals surface area contributed by atoms with Crippen LogP contribution < -0.4 is 10.2 Å². The highest BCUT2D eigenvalue weighted by Gasteiger charge is 2.22. The molecule has 0 aliphatic rings. The van der Waals surface area contributed by atoms with Crippen molar-refractivity contribution in [1.29, 1.82) is 0 Å². The lowest BCUT2D eigenvalue weighted by Gasteiger charge is -2.20. The molecule has 152 valence electrons. The van der Waals surface area contributed by atoms with E-state index in [2.05, 4.69) is 5.32 Å². The fourth-order valence-corrected chi connectivity index (χ4v) is 2.94. The summed E-state index contributed by atoms with van der Waals surface area (Å²) in [6, 6.07) is 21.6. The number of hydrogen-bond acceptors (Lipinski definition) is 4. The molecule has 0 fully saturated rings. The lowest BCUT2D eigenvalue weighted by Crippen LogP contribution is -2.41. The number of carbonyl (C=O) groups excluding carboxylic acids is 3. The van der Waals surface area contributed by atoms with E-state index in [1.807, 2.05) is 18.2 Å². The summed E-state index contributed by atoms with van der Waals surface area (Å²) in [4.78, 5) is 38.6. The van der Waals surface area contributed by atoms with Crippen molar-refractivity contribution < 1.29 is 19.1 Å². The summed E-state index contributed by atoms with van der Waals surface area (Å²) in [6.07, 6.45) is -0.888. The Morgan fingerprint density at radius 3 is 2.23 bits per heavy atom. The zero-order valence-corrected chi connectivity index (χ0v) is 16.9. The molecule has 0 aliphatic carbocycles. The predicted molar refractivity (Wildman–Crippen MR) is 115 cm³/mol. The number of anilines is 1. The molecule has 3 aromatic rings. The lowest BCUT2D eigenvalue weighted by atomic mass is 10.0. The van der Waals surface area contributed by atoms with Gasteiger partial charge in [-0.2, -0.15) is 0 Å². The first-order valence-corrected chi connectivity index (χ1v) is 9.48. The molecule has 1 N–H and O–H groups in total. The van der Waals surface area contributed by atoms with Crippen molar-refractivity contribution in [2.75, 3.05) is 11.9 Å². The van der Waals surface area contributed by atoms with E-state index in [0.717, 1.165) is 10.5 Å². The Morgan fingerprint density at radius 2 is 1.57 bits per heavy atom. The molecule has 30 heavy (non-hydrogen) atoms. The van der Waals surface area contributed by atoms with Crippen LogP contribution in [0, 0.1) is 0 Å². The molecule has 0 spiro atoms. The third-order valence-electron chi connectivity index (χ3n) is 4.33. The van der Waals surface area contributed by atoms with E-state index < -0.39 is 12.1 Å². The summed E-state index contributed by atoms with van der Waals surface area (Å²) in [5, 5.41) is 2.51. The Bertz CT molecular complexity index is 1060. The van der Waals surface area contributed by atoms with Crippen LogP contribution in [-0.4, -0.2) is 25.0 Å². The Labute approximate surface area is 179 Å². The van der Waals surface area contributed by atoms with E-state index in [4.69, 9.17) is 16.3 Å². The first-order valence-electron chi connectivity index (χ1n) is 9.10. The number of imide groups is 1. The molecule has 3 aromatic carbocycles. The molecule has 3 rings (SSSR count). The van der Waals surface area contributed by atoms with Crippen LogP contribution >= 0.6 is 11.6 Å². The van der Waals surface area contributed by atoms with Crippen LogP contribution in [0.4, 0.5) is 15.3 Å². The highest BCUT2D eigenvalue weighted by atomic mass is 35.5. The van der Waals surface area contributed by atoms with Crippen molar-refractivity contribution in [1.82, 2.24) is 5.32 Å². The molecule has 0 aromatic heterocycles. The van der Waals surface area contributed by atoms with E-state index in [9.17, 15) is 14.4 Å². The maximum Gasteiger partial charge on any atom is 0.415 e. The number of hydrogen-bond donors (Lipinski definition) is 1. The molecule has 0 atom stereocenters. The van der Waals surface area contributed by atoms with Crippen molar-refractivity contribution in [3.8, 4) is 0 Å². The minimum Gasteiger partial charge on any atom is -0.444 e. The monoisotopic (exact) mass is 422 g/mol. The number of ketones is 1. The Balaban J connectivity index is 1.72. The number of carbonyl (C=O) groups is 3. The number of halogens is 1. The van der Waals surface area contributed by atoms with Crippen LogP contribution in [-0.2, 0) is 11.3 Å². The SMILES string of the molecule is CN(C(=O)NC(=O)OCc1ccccc1)c1ccc(Cl)cc1C(=O)c1ccccc1. The molecule has 0 radical (unpaired) electrons. The van der Waals surface area contributed by atoms with Gasteiger partial charge >= 0.3 is 12.1 Å². The van der Waals surface area contributed by atoms with E-state index in [0.29, 0.717) is 16.3 Å². The number of urea groups is 1. The minimum atomic E-state index is -0.888. The van der Waals surface area contributed by atoms with Crippen LogP contribution in [0.3, 0.4) is 0 Å². The van der Waals surface area contributed by atoms with Gasteiger partial charge in [-0.15, -0.1) is 0 Å². The van der Waals surface area contributed by atoms with Crippen LogP contribution in [0.5, 0.6) is 0 Å². The van der Waals surface area contributed by atoms with Gasteiger partial charge < -0.3 is 4.74 Å². The summed E-state index contributed by atoms with van der Waals surface area (Å²) in [5.41, 5.74) is 1.80. The standard InChI is InChI=1S/C23H19ClN2O4/c1-26(22(28)25-23(29)30-15-16-8-4-2-5-9-16)20-13-12-18(24)14-19(20)21(27)17-10-6-3-7-11-17/h2-14H,15H2,1H3,(H,25,28,29). The molecular formula is C23H19ClN2O4. The van der Waals surface area contributed by atoms with Crippen LogP contribution in [0.2, 0.25) is 5.02 Å². The summed E-state index contributed by atoms with van der Waals surface area (Å²) >= 11 is 6.07. The zero-order valence-electron chi connectivity index (χ0n) is 16.2. The van der Waals surface area contributed by atoms with Crippen LogP contribution in [0.15, 0.2) is 78.9 Å². The van der Waals surface area contributed by atoms with Gasteiger partial charge in [0.2, 0.25) is 0 Å². The quantitative estimate of drug-likeness (QED) is 0.583. The maximum atomic E-state index is 12.9. The van der Waals surface area contributed by atoms with E-state index >= 15 is 0 Å². The number of amides is 3. The average Bonchev–Trinajstić information content (AvgIpc) is 2.78. The van der Waals surface area contributed by atoms with E-state index in [1.54, 1.807) is 54.6 Å². The molecule has 6 nitrogen and oxygen atoms in total. The topological polar surface area (TPSA) is 75.7 Å². The third-order valence-corrected chi connectivity index (χ3v) is 4.56. The first-order chi connectivity index (χ1) is 14.5. The second kappa shape index (κ2) is 9.71. The molecular weight excluding hydrogens is 404 g/mol. The Kier molecular flexibility index (Phi) is 6.83. The predicted octanol–water partition coefficient (Wildman–Crippen LogP) is 5.05. The number of nitrogens with one attached hydrogen (secondary N) is 1. The summed E-state index contributed by atoms with van der Waals surface area (Å²) in [5.74, 6) is -0.292. The maximum absolute atomic E-state index is 12.9. The van der Waals surface area contributed by atoms with Gasteiger partial charge in [-0.05, 0) is 23.8 Å². The van der Waals surface area contributed by atoms with Gasteiger partial charge in [0.1, 0.15) is 6.61 Å². The summed E-state index contributed by atoms with van der Waals surface area (Å²) in [6.45, 7) is 0.0301. The van der Waals surface area contributed by atoms with Crippen molar-refractivity contribution >= 4 is 35.2 Å². The third kappa shape index (κ3) is 5.24. The zero-order chi connectivity index (χ0) is 21.5. The van der Waals surface area contributed by atoms with Gasteiger partial charge in [0.15, 0.2) is 5.78 Å². The Hall–Kier alpha value is -3.64. The smallest absolute Gasteiger partial charge is 0.415 e. The van der Waals surface area contributed by atoms with Gasteiger partial charge in [0, 0.05) is 23.2 Å². The minimum absolute atomic E-state index is 0.0301. The van der Waals surface area contributed by atoms with Gasteiger partial charge in [-0.1, -0.05) is 72.3 Å². The molecule has 0 aliphatic heterocycles. The highest BCUT2D eigenvalue weighted by Crippen LogP contribution is 2.26. The van der Waals surface area contributed by atoms with Crippen LogP contribution in [0.1, 0.15) is 21.5 Å². The Morgan fingerprint density at radius 1 is 0.933 bits per heavy atom.